The molecule has 0 spiro atoms. The molecular weight excluding hydrogens is 245 g/mol. The maximum atomic E-state index is 13.6. The number of hydrogen-bond donors (Lipinski definition) is 2. The largest absolute Gasteiger partial charge is 0.336 e. The van der Waals surface area contributed by atoms with Crippen LogP contribution >= 0.6 is 0 Å². The minimum Gasteiger partial charge on any atom is -0.336 e. The monoisotopic (exact) mass is 265 g/mol. The summed E-state index contributed by atoms with van der Waals surface area (Å²) >= 11 is 0. The maximum absolute atomic E-state index is 13.6. The number of nitrogens with one attached hydrogen (secondary N) is 1. The van der Waals surface area contributed by atoms with Crippen LogP contribution in [0, 0.1) is 11.7 Å². The Morgan fingerprint density at radius 3 is 2.84 bits per heavy atom. The lowest BCUT2D eigenvalue weighted by Gasteiger charge is -2.36. The van der Waals surface area contributed by atoms with Gasteiger partial charge < -0.3 is 10.3 Å². The fourth-order valence-electron chi connectivity index (χ4n) is 2.71. The van der Waals surface area contributed by atoms with Crippen molar-refractivity contribution in [1.29, 1.82) is 0 Å². The van der Waals surface area contributed by atoms with E-state index in [1.165, 1.54) is 12.1 Å². The van der Waals surface area contributed by atoms with Crippen LogP contribution < -0.4 is 11.3 Å². The summed E-state index contributed by atoms with van der Waals surface area (Å²) in [5.74, 6) is 5.27. The van der Waals surface area contributed by atoms with Crippen LogP contribution in [0.3, 0.4) is 0 Å². The summed E-state index contributed by atoms with van der Waals surface area (Å²) in [6.45, 7) is 4.93. The Balaban J connectivity index is 2.27. The van der Waals surface area contributed by atoms with E-state index in [2.05, 4.69) is 12.3 Å². The molecule has 0 aromatic heterocycles. The number of nitrogen functional groups attached to an aromatic ring is 1. The van der Waals surface area contributed by atoms with E-state index < -0.39 is 5.82 Å². The number of likely N-dealkylation sites (tertiary alicyclic amines) is 1. The van der Waals surface area contributed by atoms with Crippen molar-refractivity contribution in [2.75, 3.05) is 12.0 Å². The predicted molar refractivity (Wildman–Crippen MR) is 73.1 cm³/mol. The molecule has 19 heavy (non-hydrogen) atoms. The van der Waals surface area contributed by atoms with E-state index in [4.69, 9.17) is 5.84 Å². The van der Waals surface area contributed by atoms with Crippen LogP contribution in [0.15, 0.2) is 18.2 Å². The molecule has 0 saturated carbocycles. The van der Waals surface area contributed by atoms with Gasteiger partial charge in [-0.25, -0.2) is 4.39 Å². The first-order valence-electron chi connectivity index (χ1n) is 6.60. The zero-order valence-corrected chi connectivity index (χ0v) is 11.3. The average molecular weight is 265 g/mol. The molecule has 1 heterocycles. The molecule has 5 heteroatoms. The first-order chi connectivity index (χ1) is 9.04. The highest BCUT2D eigenvalue weighted by atomic mass is 19.1. The van der Waals surface area contributed by atoms with Gasteiger partial charge in [0.25, 0.3) is 5.91 Å². The number of nitrogens with two attached hydrogens (primary N) is 1. The number of hydrogen-bond acceptors (Lipinski definition) is 3. The Hall–Kier alpha value is -1.62. The maximum Gasteiger partial charge on any atom is 0.256 e. The van der Waals surface area contributed by atoms with Gasteiger partial charge in [0.15, 0.2) is 0 Å². The van der Waals surface area contributed by atoms with Crippen molar-refractivity contribution in [3.63, 3.8) is 0 Å². The van der Waals surface area contributed by atoms with Gasteiger partial charge in [0.1, 0.15) is 5.82 Å². The molecule has 0 radical (unpaired) electrons. The second-order valence-corrected chi connectivity index (χ2v) is 5.28. The minimum absolute atomic E-state index is 0.0679. The summed E-state index contributed by atoms with van der Waals surface area (Å²) < 4.78 is 13.6. The van der Waals surface area contributed by atoms with Gasteiger partial charge in [0.05, 0.1) is 11.3 Å². The molecule has 2 rings (SSSR count). The zero-order chi connectivity index (χ0) is 14.0. The molecule has 4 nitrogen and oxygen atoms in total. The van der Waals surface area contributed by atoms with E-state index in [1.54, 1.807) is 11.0 Å². The fourth-order valence-corrected chi connectivity index (χ4v) is 2.71. The number of para-hydroxylation sites is 1. The molecule has 1 fully saturated rings. The first kappa shape index (κ1) is 13.8. The van der Waals surface area contributed by atoms with Crippen molar-refractivity contribution in [1.82, 2.24) is 4.90 Å². The van der Waals surface area contributed by atoms with Gasteiger partial charge in [-0.15, -0.1) is 0 Å². The van der Waals surface area contributed by atoms with Crippen molar-refractivity contribution in [3.8, 4) is 0 Å². The number of piperidine rings is 1. The molecule has 2 unspecified atom stereocenters. The standard InChI is InChI=1S/C14H20FN3O/c1-9-6-7-18(10(2)8-9)14(19)11-4-3-5-12(15)13(11)17-16/h3-5,9-10,17H,6-8,16H2,1-2H3. The molecule has 1 aliphatic heterocycles. The number of halogens is 1. The molecule has 1 aromatic rings. The third-order valence-electron chi connectivity index (χ3n) is 3.79. The summed E-state index contributed by atoms with van der Waals surface area (Å²) in [5, 5.41) is 0. The second-order valence-electron chi connectivity index (χ2n) is 5.28. The smallest absolute Gasteiger partial charge is 0.256 e. The SMILES string of the molecule is CC1CCN(C(=O)c2cccc(F)c2NN)C(C)C1. The number of rotatable bonds is 2. The quantitative estimate of drug-likeness (QED) is 0.637. The Labute approximate surface area is 112 Å². The Bertz CT molecular complexity index is 478. The lowest BCUT2D eigenvalue weighted by molar-refractivity contribution is 0.0589. The Morgan fingerprint density at radius 1 is 1.47 bits per heavy atom. The molecule has 1 amide bonds. The van der Waals surface area contributed by atoms with Crippen LogP contribution in [0.25, 0.3) is 0 Å². The minimum atomic E-state index is -0.508. The molecule has 2 atom stereocenters. The molecule has 104 valence electrons. The summed E-state index contributed by atoms with van der Waals surface area (Å²) in [4.78, 5) is 14.3. The van der Waals surface area contributed by atoms with Gasteiger partial charge in [-0.05, 0) is 37.8 Å². The van der Waals surface area contributed by atoms with Crippen LogP contribution in [0.4, 0.5) is 10.1 Å². The van der Waals surface area contributed by atoms with Crippen LogP contribution in [0.2, 0.25) is 0 Å². The number of benzene rings is 1. The van der Waals surface area contributed by atoms with E-state index in [1.807, 2.05) is 6.92 Å². The third kappa shape index (κ3) is 2.71. The number of nitrogens with zero attached hydrogens (tertiary/aromatic N) is 1. The molecule has 0 bridgehead atoms. The van der Waals surface area contributed by atoms with Crippen molar-refractivity contribution in [2.45, 2.75) is 32.7 Å². The number of hydrazine groups is 1. The van der Waals surface area contributed by atoms with Gasteiger partial charge in [0.2, 0.25) is 0 Å². The summed E-state index contributed by atoms with van der Waals surface area (Å²) in [5.41, 5.74) is 2.65. The van der Waals surface area contributed by atoms with Gasteiger partial charge in [-0.1, -0.05) is 13.0 Å². The normalized spacial score (nSPS) is 23.3. The van der Waals surface area contributed by atoms with E-state index in [9.17, 15) is 9.18 Å². The van der Waals surface area contributed by atoms with Crippen molar-refractivity contribution >= 4 is 11.6 Å². The van der Waals surface area contributed by atoms with Crippen LogP contribution in [-0.4, -0.2) is 23.4 Å². The predicted octanol–water partition coefficient (Wildman–Crippen LogP) is 2.37. The summed E-state index contributed by atoms with van der Waals surface area (Å²) in [6.07, 6.45) is 1.96. The van der Waals surface area contributed by atoms with E-state index in [0.29, 0.717) is 18.0 Å². The van der Waals surface area contributed by atoms with Gasteiger partial charge in [-0.2, -0.15) is 0 Å². The van der Waals surface area contributed by atoms with E-state index >= 15 is 0 Å². The van der Waals surface area contributed by atoms with Crippen molar-refractivity contribution < 1.29 is 9.18 Å². The van der Waals surface area contributed by atoms with Crippen molar-refractivity contribution in [2.24, 2.45) is 11.8 Å². The second kappa shape index (κ2) is 5.57. The van der Waals surface area contributed by atoms with Crippen LogP contribution in [0.1, 0.15) is 37.0 Å². The zero-order valence-electron chi connectivity index (χ0n) is 11.3. The molecular formula is C14H20FN3O. The number of carbonyl (C=O) groups excluding carboxylic acids is 1. The average Bonchev–Trinajstić information content (AvgIpc) is 2.37. The molecule has 3 N–H and O–H groups in total. The van der Waals surface area contributed by atoms with Crippen LogP contribution in [-0.2, 0) is 0 Å². The lowest BCUT2D eigenvalue weighted by atomic mass is 9.92. The number of amides is 1. The highest BCUT2D eigenvalue weighted by Gasteiger charge is 2.29. The molecule has 1 aromatic carbocycles. The van der Waals surface area contributed by atoms with Gasteiger partial charge in [-0.3, -0.25) is 10.6 Å². The molecule has 1 saturated heterocycles. The van der Waals surface area contributed by atoms with Crippen molar-refractivity contribution in [3.05, 3.63) is 29.6 Å². The molecule has 0 aliphatic carbocycles. The van der Waals surface area contributed by atoms with E-state index in [0.717, 1.165) is 12.8 Å². The summed E-state index contributed by atoms with van der Waals surface area (Å²) in [7, 11) is 0. The first-order valence-corrected chi connectivity index (χ1v) is 6.60. The topological polar surface area (TPSA) is 58.4 Å². The van der Waals surface area contributed by atoms with Gasteiger partial charge >= 0.3 is 0 Å². The highest BCUT2D eigenvalue weighted by molar-refractivity contribution is 5.99. The van der Waals surface area contributed by atoms with Crippen LogP contribution in [0.5, 0.6) is 0 Å². The Kier molecular flexibility index (Phi) is 4.04. The highest BCUT2D eigenvalue weighted by Crippen LogP contribution is 2.26. The van der Waals surface area contributed by atoms with Gasteiger partial charge in [0, 0.05) is 12.6 Å². The fraction of sp³-hybridized carbons (Fsp3) is 0.500. The molecule has 1 aliphatic rings. The third-order valence-corrected chi connectivity index (χ3v) is 3.79. The van der Waals surface area contributed by atoms with E-state index in [-0.39, 0.29) is 17.6 Å². The lowest BCUT2D eigenvalue weighted by Crippen LogP contribution is -2.44. The Morgan fingerprint density at radius 2 is 2.21 bits per heavy atom. The number of carbonyl (C=O) groups is 1. The summed E-state index contributed by atoms with van der Waals surface area (Å²) in [6, 6.07) is 4.59. The number of anilines is 1.